The van der Waals surface area contributed by atoms with Gasteiger partial charge in [-0.25, -0.2) is 4.39 Å². The van der Waals surface area contributed by atoms with Crippen molar-refractivity contribution in [1.29, 1.82) is 5.26 Å². The average molecular weight is 435 g/mol. The van der Waals surface area contributed by atoms with Gasteiger partial charge in [0.2, 0.25) is 0 Å². The zero-order valence-electron chi connectivity index (χ0n) is 18.2. The van der Waals surface area contributed by atoms with Gasteiger partial charge >= 0.3 is 0 Å². The van der Waals surface area contributed by atoms with Gasteiger partial charge in [0.05, 0.1) is 22.9 Å². The van der Waals surface area contributed by atoms with Crippen LogP contribution in [-0.2, 0) is 0 Å². The Labute approximate surface area is 187 Å². The van der Waals surface area contributed by atoms with Crippen LogP contribution in [0.15, 0.2) is 36.4 Å². The highest BCUT2D eigenvalue weighted by atomic mass is 19.1. The van der Waals surface area contributed by atoms with E-state index in [4.69, 9.17) is 0 Å². The Kier molecular flexibility index (Phi) is 6.40. The lowest BCUT2D eigenvalue weighted by atomic mass is 10.1. The van der Waals surface area contributed by atoms with E-state index in [0.717, 1.165) is 18.5 Å². The number of nitrogens with one attached hydrogen (secondary N) is 1. The van der Waals surface area contributed by atoms with Crippen molar-refractivity contribution in [3.05, 3.63) is 58.9 Å². The van der Waals surface area contributed by atoms with Gasteiger partial charge in [0.25, 0.3) is 5.91 Å². The number of benzene rings is 2. The van der Waals surface area contributed by atoms with Gasteiger partial charge in [-0.15, -0.1) is 0 Å². The minimum absolute atomic E-state index is 0.116. The monoisotopic (exact) mass is 434 g/mol. The van der Waals surface area contributed by atoms with Gasteiger partial charge in [-0.3, -0.25) is 9.59 Å². The first kappa shape index (κ1) is 21.8. The maximum Gasteiger partial charge on any atom is 0.256 e. The molecule has 2 aliphatic rings. The molecular weight excluding hydrogens is 407 g/mol. The van der Waals surface area contributed by atoms with Crippen LogP contribution in [0, 0.1) is 17.1 Å². The zero-order valence-corrected chi connectivity index (χ0v) is 18.2. The first-order valence-corrected chi connectivity index (χ1v) is 11.1. The summed E-state index contributed by atoms with van der Waals surface area (Å²) in [4.78, 5) is 28.5. The van der Waals surface area contributed by atoms with Crippen molar-refractivity contribution < 1.29 is 14.0 Å². The molecule has 166 valence electrons. The molecule has 0 radical (unpaired) electrons. The quantitative estimate of drug-likeness (QED) is 0.713. The predicted octanol–water partition coefficient (Wildman–Crippen LogP) is 4.22. The minimum atomic E-state index is -0.428. The van der Waals surface area contributed by atoms with Crippen molar-refractivity contribution >= 4 is 23.1 Å². The molecule has 0 spiro atoms. The summed E-state index contributed by atoms with van der Waals surface area (Å²) in [5, 5.41) is 12.8. The van der Waals surface area contributed by atoms with E-state index in [0.29, 0.717) is 54.6 Å². The highest BCUT2D eigenvalue weighted by molar-refractivity contribution is 6.00. The minimum Gasteiger partial charge on any atom is -0.382 e. The van der Waals surface area contributed by atoms with E-state index in [9.17, 15) is 19.2 Å². The molecule has 1 aliphatic heterocycles. The van der Waals surface area contributed by atoms with Crippen molar-refractivity contribution in [2.45, 2.75) is 38.6 Å². The number of carbonyl (C=O) groups is 2. The first-order chi connectivity index (χ1) is 15.5. The third kappa shape index (κ3) is 4.59. The van der Waals surface area contributed by atoms with Crippen LogP contribution in [0.4, 0.5) is 15.8 Å². The number of hydrogen-bond donors (Lipinski definition) is 1. The number of hydrogen-bond acceptors (Lipinski definition) is 5. The molecule has 0 aromatic heterocycles. The molecule has 0 atom stereocenters. The number of amides is 1. The molecule has 2 aromatic rings. The Balaban J connectivity index is 1.47. The standard InChI is InChI=1S/C25H27FN4O2/c1-17(31)19-7-9-24(22(26)15-19)29-10-12-30(13-11-29)25(32)21-14-18(16-27)6-8-23(21)28-20-4-2-3-5-20/h6-9,14-15,20,28H,2-5,10-13H2,1H3. The Hall–Kier alpha value is -3.40. The summed E-state index contributed by atoms with van der Waals surface area (Å²) in [5.41, 5.74) is 2.53. The number of nitriles is 1. The number of ketones is 1. The van der Waals surface area contributed by atoms with Gasteiger partial charge in [0, 0.05) is 43.5 Å². The number of carbonyl (C=O) groups excluding carboxylic acids is 2. The zero-order chi connectivity index (χ0) is 22.7. The van der Waals surface area contributed by atoms with E-state index in [1.165, 1.54) is 25.8 Å². The lowest BCUT2D eigenvalue weighted by Gasteiger charge is -2.36. The highest BCUT2D eigenvalue weighted by Gasteiger charge is 2.26. The fourth-order valence-corrected chi connectivity index (χ4v) is 4.51. The third-order valence-corrected chi connectivity index (χ3v) is 6.36. The summed E-state index contributed by atoms with van der Waals surface area (Å²) in [5.74, 6) is -0.718. The molecule has 32 heavy (non-hydrogen) atoms. The molecule has 6 nitrogen and oxygen atoms in total. The maximum absolute atomic E-state index is 14.5. The average Bonchev–Trinajstić information content (AvgIpc) is 3.32. The molecule has 0 bridgehead atoms. The van der Waals surface area contributed by atoms with Crippen LogP contribution in [0.5, 0.6) is 0 Å². The molecule has 1 heterocycles. The normalized spacial score (nSPS) is 16.7. The molecular formula is C25H27FN4O2. The van der Waals surface area contributed by atoms with Gasteiger partial charge in [-0.2, -0.15) is 5.26 Å². The predicted molar refractivity (Wildman–Crippen MR) is 122 cm³/mol. The van der Waals surface area contributed by atoms with Crippen LogP contribution in [0.2, 0.25) is 0 Å². The molecule has 4 rings (SSSR count). The molecule has 1 saturated carbocycles. The topological polar surface area (TPSA) is 76.4 Å². The van der Waals surface area contributed by atoms with Gasteiger partial charge < -0.3 is 15.1 Å². The Bertz CT molecular complexity index is 1060. The van der Waals surface area contributed by atoms with Crippen molar-refractivity contribution in [3.8, 4) is 6.07 Å². The van der Waals surface area contributed by atoms with Gasteiger partial charge in [-0.1, -0.05) is 12.8 Å². The molecule has 7 heteroatoms. The van der Waals surface area contributed by atoms with E-state index in [1.807, 2.05) is 11.0 Å². The third-order valence-electron chi connectivity index (χ3n) is 6.36. The SMILES string of the molecule is CC(=O)c1ccc(N2CCN(C(=O)c3cc(C#N)ccc3NC3CCCC3)CC2)c(F)c1. The second-order valence-electron chi connectivity index (χ2n) is 8.50. The van der Waals surface area contributed by atoms with E-state index in [2.05, 4.69) is 11.4 Å². The molecule has 1 N–H and O–H groups in total. The Morgan fingerprint density at radius 2 is 1.78 bits per heavy atom. The summed E-state index contributed by atoms with van der Waals surface area (Å²) < 4.78 is 14.5. The molecule has 1 saturated heterocycles. The van der Waals surface area contributed by atoms with E-state index < -0.39 is 5.82 Å². The van der Waals surface area contributed by atoms with Gasteiger partial charge in [-0.05, 0) is 56.2 Å². The summed E-state index contributed by atoms with van der Waals surface area (Å²) in [7, 11) is 0. The van der Waals surface area contributed by atoms with Crippen molar-refractivity contribution in [2.24, 2.45) is 0 Å². The number of Topliss-reactive ketones (excluding diaryl/α,β-unsaturated/α-hetero) is 1. The lowest BCUT2D eigenvalue weighted by Crippen LogP contribution is -2.49. The smallest absolute Gasteiger partial charge is 0.256 e. The van der Waals surface area contributed by atoms with Crippen molar-refractivity contribution in [2.75, 3.05) is 36.4 Å². The fraction of sp³-hybridized carbons (Fsp3) is 0.400. The second-order valence-corrected chi connectivity index (χ2v) is 8.50. The lowest BCUT2D eigenvalue weighted by molar-refractivity contribution is 0.0747. The molecule has 1 amide bonds. The number of rotatable bonds is 5. The van der Waals surface area contributed by atoms with E-state index in [-0.39, 0.29) is 11.7 Å². The summed E-state index contributed by atoms with van der Waals surface area (Å²) in [6.07, 6.45) is 4.53. The molecule has 2 fully saturated rings. The maximum atomic E-state index is 14.5. The van der Waals surface area contributed by atoms with Crippen LogP contribution in [0.25, 0.3) is 0 Å². The number of halogens is 1. The van der Waals surface area contributed by atoms with Crippen LogP contribution in [-0.4, -0.2) is 48.8 Å². The molecule has 0 unspecified atom stereocenters. The molecule has 2 aromatic carbocycles. The van der Waals surface area contributed by atoms with Crippen molar-refractivity contribution in [1.82, 2.24) is 4.90 Å². The number of nitrogens with zero attached hydrogens (tertiary/aromatic N) is 3. The van der Waals surface area contributed by atoms with Gasteiger partial charge in [0.15, 0.2) is 5.78 Å². The highest BCUT2D eigenvalue weighted by Crippen LogP contribution is 2.27. The second kappa shape index (κ2) is 9.39. The van der Waals surface area contributed by atoms with Crippen LogP contribution in [0.1, 0.15) is 58.9 Å². The number of anilines is 2. The Morgan fingerprint density at radius 1 is 1.06 bits per heavy atom. The summed E-state index contributed by atoms with van der Waals surface area (Å²) in [6, 6.07) is 12.2. The summed E-state index contributed by atoms with van der Waals surface area (Å²) >= 11 is 0. The fourth-order valence-electron chi connectivity index (χ4n) is 4.51. The largest absolute Gasteiger partial charge is 0.382 e. The summed E-state index contributed by atoms with van der Waals surface area (Å²) in [6.45, 7) is 3.30. The first-order valence-electron chi connectivity index (χ1n) is 11.1. The molecule has 1 aliphatic carbocycles. The van der Waals surface area contributed by atoms with Crippen LogP contribution in [0.3, 0.4) is 0 Å². The number of piperazine rings is 1. The van der Waals surface area contributed by atoms with Gasteiger partial charge in [0.1, 0.15) is 5.82 Å². The van der Waals surface area contributed by atoms with Crippen LogP contribution >= 0.6 is 0 Å². The van der Waals surface area contributed by atoms with Crippen molar-refractivity contribution in [3.63, 3.8) is 0 Å². The van der Waals surface area contributed by atoms with E-state index >= 15 is 0 Å². The van der Waals surface area contributed by atoms with E-state index in [1.54, 1.807) is 29.2 Å². The Morgan fingerprint density at radius 3 is 2.41 bits per heavy atom. The van der Waals surface area contributed by atoms with Crippen LogP contribution < -0.4 is 10.2 Å².